The molecule has 0 saturated carbocycles. The Balaban J connectivity index is 1.48. The van der Waals surface area contributed by atoms with E-state index >= 15 is 0 Å². The highest BCUT2D eigenvalue weighted by Gasteiger charge is 2.39. The summed E-state index contributed by atoms with van der Waals surface area (Å²) < 4.78 is 16.8. The zero-order valence-corrected chi connectivity index (χ0v) is 27.1. The number of alkyl carbamates (subject to hydrolysis) is 1. The van der Waals surface area contributed by atoms with Crippen LogP contribution in [0.1, 0.15) is 30.9 Å². The molecule has 1 heterocycles. The fourth-order valence-electron chi connectivity index (χ4n) is 5.33. The van der Waals surface area contributed by atoms with Crippen molar-refractivity contribution < 1.29 is 38.3 Å². The van der Waals surface area contributed by atoms with Crippen LogP contribution >= 0.6 is 19.4 Å². The van der Waals surface area contributed by atoms with Crippen molar-refractivity contribution in [3.63, 3.8) is 0 Å². The number of piperidine rings is 1. The number of carbonyl (C=O) groups excluding carboxylic acids is 4. The Labute approximate surface area is 271 Å². The summed E-state index contributed by atoms with van der Waals surface area (Å²) in [6, 6.07) is 19.2. The normalized spacial score (nSPS) is 17.9. The van der Waals surface area contributed by atoms with Gasteiger partial charge in [0.05, 0.1) is 5.49 Å². The first kappa shape index (κ1) is 35.0. The number of hydrogen-bond acceptors (Lipinski definition) is 7. The monoisotopic (exact) mass is 670 g/mol. The predicted octanol–water partition coefficient (Wildman–Crippen LogP) is 3.14. The number of thioether (sulfide) groups is 1. The molecule has 0 aliphatic carbocycles. The third-order valence-corrected chi connectivity index (χ3v) is 10.3. The molecule has 0 spiro atoms. The van der Waals surface area contributed by atoms with E-state index in [-0.39, 0.29) is 31.2 Å². The molecule has 1 aliphatic rings. The fraction of sp³-hybridized carbons (Fsp3) is 0.375. The molecule has 1 unspecified atom stereocenters. The van der Waals surface area contributed by atoms with Gasteiger partial charge in [0, 0.05) is 18.7 Å². The van der Waals surface area contributed by atoms with E-state index in [1.165, 1.54) is 4.90 Å². The number of amides is 4. The van der Waals surface area contributed by atoms with Crippen LogP contribution in [0.2, 0.25) is 0 Å². The average molecular weight is 671 g/mol. The van der Waals surface area contributed by atoms with E-state index in [2.05, 4.69) is 10.6 Å². The number of hydrogen-bond donors (Lipinski definition) is 5. The van der Waals surface area contributed by atoms with Crippen molar-refractivity contribution in [1.29, 1.82) is 0 Å². The molecule has 4 rings (SSSR count). The number of rotatable bonds is 13. The fourth-order valence-corrected chi connectivity index (χ4v) is 7.17. The Kier molecular flexibility index (Phi) is 12.2. The number of carbonyl (C=O) groups is 4. The standard InChI is InChI=1S/C32H39N4O8PS/c1-21-11-14-28(30(38)34-26(29(33)37)16-23-12-13-24-9-5-6-10-25(24)15-23)36(17-21)31(39)27(19-46-20-45(41,42)43)35-32(40)44-18-22-7-3-2-4-8-22/h2-10,12-13,15,21,26-28H,11,14,16-20H2,1H3,(H2,33,37)(H,34,38)(H,35,40)(H2,41,42,43)/t21?,26-,27-,28-/m0/s1. The lowest BCUT2D eigenvalue weighted by Gasteiger charge is -2.40. The lowest BCUT2D eigenvalue weighted by Crippen LogP contribution is -2.61. The summed E-state index contributed by atoms with van der Waals surface area (Å²) in [6.07, 6.45) is 0.201. The predicted molar refractivity (Wildman–Crippen MR) is 176 cm³/mol. The number of likely N-dealkylation sites (tertiary alicyclic amines) is 1. The van der Waals surface area contributed by atoms with Crippen LogP contribution in [-0.2, 0) is 36.7 Å². The highest BCUT2D eigenvalue weighted by molar-refractivity contribution is 8.04. The molecule has 4 amide bonds. The van der Waals surface area contributed by atoms with Gasteiger partial charge in [-0.25, -0.2) is 4.79 Å². The maximum absolute atomic E-state index is 13.9. The van der Waals surface area contributed by atoms with Gasteiger partial charge in [0.1, 0.15) is 24.7 Å². The summed E-state index contributed by atoms with van der Waals surface area (Å²) in [5, 5.41) is 7.26. The van der Waals surface area contributed by atoms with Crippen molar-refractivity contribution in [3.05, 3.63) is 83.9 Å². The highest BCUT2D eigenvalue weighted by Crippen LogP contribution is 2.38. The molecule has 1 saturated heterocycles. The molecule has 4 atom stereocenters. The first-order chi connectivity index (χ1) is 21.9. The van der Waals surface area contributed by atoms with Gasteiger partial charge in [0.2, 0.25) is 17.7 Å². The minimum atomic E-state index is -4.39. The van der Waals surface area contributed by atoms with Crippen LogP contribution in [0.3, 0.4) is 0 Å². The Morgan fingerprint density at radius 3 is 2.35 bits per heavy atom. The van der Waals surface area contributed by atoms with Gasteiger partial charge in [-0.1, -0.05) is 79.7 Å². The molecule has 0 aromatic heterocycles. The average Bonchev–Trinajstić information content (AvgIpc) is 3.02. The maximum Gasteiger partial charge on any atom is 0.408 e. The summed E-state index contributed by atoms with van der Waals surface area (Å²) in [4.78, 5) is 72.8. The minimum absolute atomic E-state index is 0.0333. The van der Waals surface area contributed by atoms with Crippen molar-refractivity contribution in [2.45, 2.75) is 50.9 Å². The Bertz CT molecular complexity index is 1590. The second-order valence-corrected chi connectivity index (χ2v) is 14.6. The van der Waals surface area contributed by atoms with Crippen LogP contribution in [0.5, 0.6) is 0 Å². The Hall–Kier alpha value is -3.90. The van der Waals surface area contributed by atoms with Crippen LogP contribution in [-0.4, -0.2) is 74.4 Å². The lowest BCUT2D eigenvalue weighted by molar-refractivity contribution is -0.145. The quantitative estimate of drug-likeness (QED) is 0.170. The SMILES string of the molecule is CC1CC[C@@H](C(=O)N[C@@H](Cc2ccc3ccccc3c2)C(N)=O)N(C(=O)[C@H](CSCP(=O)(O)O)NC(=O)OCc2ccccc2)C1. The zero-order valence-electron chi connectivity index (χ0n) is 25.4. The minimum Gasteiger partial charge on any atom is -0.445 e. The molecule has 0 radical (unpaired) electrons. The number of nitrogens with two attached hydrogens (primary N) is 1. The van der Waals surface area contributed by atoms with E-state index in [1.807, 2.05) is 55.5 Å². The van der Waals surface area contributed by atoms with Gasteiger partial charge < -0.3 is 35.8 Å². The number of ether oxygens (including phenoxy) is 1. The van der Waals surface area contributed by atoms with Gasteiger partial charge in [-0.3, -0.25) is 18.9 Å². The number of nitrogens with zero attached hydrogens (tertiary/aromatic N) is 1. The number of benzene rings is 3. The molecular weight excluding hydrogens is 631 g/mol. The zero-order chi connectivity index (χ0) is 33.3. The molecule has 1 fully saturated rings. The van der Waals surface area contributed by atoms with Gasteiger partial charge in [-0.2, -0.15) is 0 Å². The number of primary amides is 1. The van der Waals surface area contributed by atoms with E-state index in [9.17, 15) is 33.5 Å². The third kappa shape index (κ3) is 10.3. The molecule has 12 nitrogen and oxygen atoms in total. The van der Waals surface area contributed by atoms with E-state index in [4.69, 9.17) is 10.5 Å². The van der Waals surface area contributed by atoms with Crippen molar-refractivity contribution in [2.75, 3.05) is 17.8 Å². The van der Waals surface area contributed by atoms with Crippen molar-refractivity contribution in [2.24, 2.45) is 11.7 Å². The van der Waals surface area contributed by atoms with Crippen molar-refractivity contribution >= 4 is 53.9 Å². The topological polar surface area (TPSA) is 188 Å². The van der Waals surface area contributed by atoms with Gasteiger partial charge in [0.15, 0.2) is 0 Å². The largest absolute Gasteiger partial charge is 0.445 e. The van der Waals surface area contributed by atoms with Crippen LogP contribution in [0, 0.1) is 5.92 Å². The number of fused-ring (bicyclic) bond motifs is 1. The molecule has 3 aromatic rings. The molecule has 14 heteroatoms. The van der Waals surface area contributed by atoms with Crippen LogP contribution in [0.4, 0.5) is 4.79 Å². The summed E-state index contributed by atoms with van der Waals surface area (Å²) in [6.45, 7) is 2.07. The van der Waals surface area contributed by atoms with Crippen LogP contribution < -0.4 is 16.4 Å². The molecular formula is C32H39N4O8PS. The van der Waals surface area contributed by atoms with Crippen molar-refractivity contribution in [3.8, 4) is 0 Å². The number of nitrogens with one attached hydrogen (secondary N) is 2. The van der Waals surface area contributed by atoms with Gasteiger partial charge in [0.25, 0.3) is 0 Å². The maximum atomic E-state index is 13.9. The summed E-state index contributed by atoms with van der Waals surface area (Å²) in [7, 11) is -4.39. The molecule has 0 bridgehead atoms. The molecule has 246 valence electrons. The van der Waals surface area contributed by atoms with Crippen molar-refractivity contribution in [1.82, 2.24) is 15.5 Å². The summed E-state index contributed by atoms with van der Waals surface area (Å²) >= 11 is 0.801. The highest BCUT2D eigenvalue weighted by atomic mass is 32.2. The summed E-state index contributed by atoms with van der Waals surface area (Å²) in [5.74, 6) is -2.02. The van der Waals surface area contributed by atoms with Gasteiger partial charge in [-0.05, 0) is 40.7 Å². The lowest BCUT2D eigenvalue weighted by atomic mass is 9.92. The van der Waals surface area contributed by atoms with Gasteiger partial charge in [-0.15, -0.1) is 11.8 Å². The first-order valence-corrected chi connectivity index (χ1v) is 17.8. The first-order valence-electron chi connectivity index (χ1n) is 14.9. The van der Waals surface area contributed by atoms with E-state index in [0.29, 0.717) is 12.8 Å². The smallest absolute Gasteiger partial charge is 0.408 e. The Morgan fingerprint density at radius 2 is 1.65 bits per heavy atom. The Morgan fingerprint density at radius 1 is 0.957 bits per heavy atom. The molecule has 1 aliphatic heterocycles. The molecule has 6 N–H and O–H groups in total. The second kappa shape index (κ2) is 16.1. The van der Waals surface area contributed by atoms with Crippen LogP contribution in [0.15, 0.2) is 72.8 Å². The van der Waals surface area contributed by atoms with E-state index < -0.39 is 55.0 Å². The van der Waals surface area contributed by atoms with Crippen LogP contribution in [0.25, 0.3) is 10.8 Å². The second-order valence-electron chi connectivity index (χ2n) is 11.5. The summed E-state index contributed by atoms with van der Waals surface area (Å²) in [5.41, 5.74) is 6.66. The molecule has 3 aromatic carbocycles. The van der Waals surface area contributed by atoms with E-state index in [0.717, 1.165) is 33.7 Å². The third-order valence-electron chi connectivity index (χ3n) is 7.66. The van der Waals surface area contributed by atoms with E-state index in [1.54, 1.807) is 24.3 Å². The molecule has 46 heavy (non-hydrogen) atoms. The van der Waals surface area contributed by atoms with Gasteiger partial charge >= 0.3 is 13.7 Å².